The van der Waals surface area contributed by atoms with Crippen molar-refractivity contribution in [3.05, 3.63) is 35.6 Å². The third-order valence-electron chi connectivity index (χ3n) is 6.19. The largest absolute Gasteiger partial charge is 0.346 e. The first-order valence-corrected chi connectivity index (χ1v) is 13.1. The summed E-state index contributed by atoms with van der Waals surface area (Å²) in [6.07, 6.45) is 6.97. The van der Waals surface area contributed by atoms with E-state index in [2.05, 4.69) is 4.99 Å². The fraction of sp³-hybridized carbons (Fsp3) is 0.619. The van der Waals surface area contributed by atoms with Crippen LogP contribution in [0.1, 0.15) is 44.1 Å². The molecule has 29 heavy (non-hydrogen) atoms. The van der Waals surface area contributed by atoms with Crippen LogP contribution in [0, 0.1) is 11.7 Å². The number of benzene rings is 1. The molecule has 3 fully saturated rings. The van der Waals surface area contributed by atoms with Crippen molar-refractivity contribution < 1.29 is 17.6 Å². The molecule has 0 bridgehead atoms. The van der Waals surface area contributed by atoms with Crippen LogP contribution in [0.15, 0.2) is 29.3 Å². The van der Waals surface area contributed by atoms with E-state index in [0.717, 1.165) is 12.0 Å². The smallest absolute Gasteiger partial charge is 0.248 e. The maximum absolute atomic E-state index is 13.1. The predicted octanol–water partition coefficient (Wildman–Crippen LogP) is 3.44. The van der Waals surface area contributed by atoms with Gasteiger partial charge in [0, 0.05) is 18.2 Å². The molecule has 2 heterocycles. The number of amidine groups is 1. The maximum atomic E-state index is 13.1. The van der Waals surface area contributed by atoms with Gasteiger partial charge in [-0.25, -0.2) is 12.8 Å². The van der Waals surface area contributed by atoms with E-state index in [4.69, 9.17) is 0 Å². The number of amides is 1. The fourth-order valence-corrected chi connectivity index (χ4v) is 8.58. The van der Waals surface area contributed by atoms with Crippen LogP contribution in [-0.4, -0.2) is 53.7 Å². The first kappa shape index (κ1) is 20.8. The second-order valence-electron chi connectivity index (χ2n) is 8.35. The summed E-state index contributed by atoms with van der Waals surface area (Å²) in [6.45, 7) is 0.573. The van der Waals surface area contributed by atoms with Crippen molar-refractivity contribution in [2.24, 2.45) is 10.9 Å². The first-order valence-electron chi connectivity index (χ1n) is 10.4. The topological polar surface area (TPSA) is 66.8 Å². The molecule has 1 saturated carbocycles. The molecular weight excluding hydrogens is 411 g/mol. The third kappa shape index (κ3) is 5.20. The molecule has 1 amide bonds. The average molecular weight is 439 g/mol. The van der Waals surface area contributed by atoms with Crippen molar-refractivity contribution >= 4 is 32.7 Å². The highest BCUT2D eigenvalue weighted by molar-refractivity contribution is 8.15. The van der Waals surface area contributed by atoms with Crippen molar-refractivity contribution in [1.82, 2.24) is 4.90 Å². The van der Waals surface area contributed by atoms with Gasteiger partial charge < -0.3 is 4.90 Å². The molecule has 2 aliphatic heterocycles. The van der Waals surface area contributed by atoms with E-state index in [0.29, 0.717) is 30.5 Å². The number of nitrogens with zero attached hydrogens (tertiary/aromatic N) is 2. The lowest BCUT2D eigenvalue weighted by molar-refractivity contribution is -0.118. The van der Waals surface area contributed by atoms with Crippen LogP contribution in [-0.2, 0) is 21.1 Å². The van der Waals surface area contributed by atoms with Gasteiger partial charge in [-0.2, -0.15) is 4.99 Å². The summed E-state index contributed by atoms with van der Waals surface area (Å²) in [5.74, 6) is 0.527. The van der Waals surface area contributed by atoms with Crippen LogP contribution in [0.25, 0.3) is 0 Å². The molecule has 158 valence electrons. The van der Waals surface area contributed by atoms with Crippen molar-refractivity contribution in [2.45, 2.75) is 56.2 Å². The average Bonchev–Trinajstić information content (AvgIpc) is 3.35. The molecule has 4 rings (SSSR count). The quantitative estimate of drug-likeness (QED) is 0.681. The SMILES string of the molecule is O=C(CCC1CCCC1)N=C1S[C@@H]2CS(=O)(=O)C[C@@H]2N1CCc1ccc(F)cc1. The van der Waals surface area contributed by atoms with Gasteiger partial charge in [-0.3, -0.25) is 4.79 Å². The lowest BCUT2D eigenvalue weighted by Gasteiger charge is -2.24. The Kier molecular flexibility index (Phi) is 6.30. The standard InChI is InChI=1S/C21H27FN2O3S2/c22-17-8-5-16(6-9-17)11-12-24-18-13-29(26,27)14-19(18)28-21(24)23-20(25)10-7-15-3-1-2-4-15/h5-6,8-9,15,18-19H,1-4,7,10-14H2/t18-,19+/m0/s1. The van der Waals surface area contributed by atoms with E-state index in [1.807, 2.05) is 4.90 Å². The number of carbonyl (C=O) groups excluding carboxylic acids is 1. The van der Waals surface area contributed by atoms with Gasteiger partial charge >= 0.3 is 0 Å². The Morgan fingerprint density at radius 2 is 1.90 bits per heavy atom. The zero-order valence-corrected chi connectivity index (χ0v) is 18.1. The number of hydrogen-bond acceptors (Lipinski definition) is 4. The van der Waals surface area contributed by atoms with Crippen LogP contribution >= 0.6 is 11.8 Å². The summed E-state index contributed by atoms with van der Waals surface area (Å²) in [6, 6.07) is 6.21. The summed E-state index contributed by atoms with van der Waals surface area (Å²) in [5, 5.41) is 0.600. The number of thioether (sulfide) groups is 1. The lowest BCUT2D eigenvalue weighted by atomic mass is 10.0. The maximum Gasteiger partial charge on any atom is 0.248 e. The molecule has 5 nitrogen and oxygen atoms in total. The Hall–Kier alpha value is -1.41. The van der Waals surface area contributed by atoms with Gasteiger partial charge in [-0.15, -0.1) is 0 Å². The molecule has 1 aromatic carbocycles. The molecule has 0 N–H and O–H groups in total. The minimum absolute atomic E-state index is 0.0606. The van der Waals surface area contributed by atoms with Crippen LogP contribution < -0.4 is 0 Å². The van der Waals surface area contributed by atoms with Gasteiger partial charge in [0.15, 0.2) is 15.0 Å². The monoisotopic (exact) mass is 438 g/mol. The van der Waals surface area contributed by atoms with Gasteiger partial charge in [-0.1, -0.05) is 49.6 Å². The summed E-state index contributed by atoms with van der Waals surface area (Å²) in [7, 11) is -3.05. The molecule has 3 aliphatic rings. The summed E-state index contributed by atoms with van der Waals surface area (Å²) in [4.78, 5) is 18.9. The molecule has 1 aliphatic carbocycles. The summed E-state index contributed by atoms with van der Waals surface area (Å²) >= 11 is 1.43. The van der Waals surface area contributed by atoms with E-state index >= 15 is 0 Å². The van der Waals surface area contributed by atoms with Crippen molar-refractivity contribution in [2.75, 3.05) is 18.1 Å². The minimum Gasteiger partial charge on any atom is -0.346 e. The Bertz CT molecular complexity index is 880. The van der Waals surface area contributed by atoms with Crippen LogP contribution in [0.2, 0.25) is 0 Å². The zero-order valence-electron chi connectivity index (χ0n) is 16.4. The molecule has 0 spiro atoms. The minimum atomic E-state index is -3.05. The Morgan fingerprint density at radius 3 is 2.62 bits per heavy atom. The second kappa shape index (κ2) is 8.76. The van der Waals surface area contributed by atoms with Crippen molar-refractivity contribution in [1.29, 1.82) is 0 Å². The second-order valence-corrected chi connectivity index (χ2v) is 11.7. The van der Waals surface area contributed by atoms with Crippen molar-refractivity contribution in [3.8, 4) is 0 Å². The van der Waals surface area contributed by atoms with Crippen molar-refractivity contribution in [3.63, 3.8) is 0 Å². The van der Waals surface area contributed by atoms with Gasteiger partial charge in [0.2, 0.25) is 5.91 Å². The zero-order chi connectivity index (χ0) is 20.4. The highest BCUT2D eigenvalue weighted by atomic mass is 32.2. The molecule has 2 saturated heterocycles. The molecule has 8 heteroatoms. The van der Waals surface area contributed by atoms with Gasteiger partial charge in [0.1, 0.15) is 5.82 Å². The number of fused-ring (bicyclic) bond motifs is 1. The Morgan fingerprint density at radius 1 is 1.17 bits per heavy atom. The van der Waals surface area contributed by atoms with E-state index in [-0.39, 0.29) is 34.5 Å². The van der Waals surface area contributed by atoms with E-state index in [9.17, 15) is 17.6 Å². The van der Waals surface area contributed by atoms with Gasteiger partial charge in [0.05, 0.1) is 17.5 Å². The fourth-order valence-electron chi connectivity index (χ4n) is 4.59. The highest BCUT2D eigenvalue weighted by Gasteiger charge is 2.48. The Labute approximate surface area is 176 Å². The molecule has 0 unspecified atom stereocenters. The van der Waals surface area contributed by atoms with Gasteiger partial charge in [-0.05, 0) is 36.5 Å². The summed E-state index contributed by atoms with van der Waals surface area (Å²) in [5.41, 5.74) is 0.979. The molecular formula is C21H27FN2O3S2. The van der Waals surface area contributed by atoms with E-state index < -0.39 is 9.84 Å². The Balaban J connectivity index is 1.44. The highest BCUT2D eigenvalue weighted by Crippen LogP contribution is 2.38. The number of hydrogen-bond donors (Lipinski definition) is 0. The number of rotatable bonds is 6. The van der Waals surface area contributed by atoms with Gasteiger partial charge in [0.25, 0.3) is 0 Å². The number of sulfone groups is 1. The lowest BCUT2D eigenvalue weighted by Crippen LogP contribution is -2.39. The normalized spacial score (nSPS) is 27.6. The molecule has 1 aromatic rings. The third-order valence-corrected chi connectivity index (χ3v) is 9.44. The number of carbonyl (C=O) groups is 1. The first-order chi connectivity index (χ1) is 13.9. The van der Waals surface area contributed by atoms with E-state index in [1.165, 1.54) is 49.6 Å². The predicted molar refractivity (Wildman–Crippen MR) is 114 cm³/mol. The van der Waals surface area contributed by atoms with Crippen LogP contribution in [0.3, 0.4) is 0 Å². The van der Waals surface area contributed by atoms with Crippen LogP contribution in [0.5, 0.6) is 0 Å². The van der Waals surface area contributed by atoms with Crippen LogP contribution in [0.4, 0.5) is 4.39 Å². The summed E-state index contributed by atoms with van der Waals surface area (Å²) < 4.78 is 37.3. The molecule has 0 radical (unpaired) electrons. The molecule has 2 atom stereocenters. The number of halogens is 1. The molecule has 0 aromatic heterocycles. The van der Waals surface area contributed by atoms with E-state index in [1.54, 1.807) is 12.1 Å². The number of aliphatic imine (C=N–C) groups is 1.